The summed E-state index contributed by atoms with van der Waals surface area (Å²) in [6.45, 7) is 5.35. The van der Waals surface area contributed by atoms with Gasteiger partial charge in [0.1, 0.15) is 19.3 Å². The molecule has 0 aromatic carbocycles. The van der Waals surface area contributed by atoms with Crippen LogP contribution in [0.4, 0.5) is 0 Å². The number of quaternary nitrogens is 1. The zero-order valence-electron chi connectivity index (χ0n) is 35.9. The molecule has 0 heterocycles. The van der Waals surface area contributed by atoms with Crippen LogP contribution in [0.25, 0.3) is 0 Å². The van der Waals surface area contributed by atoms with Gasteiger partial charge in [-0.05, 0) is 64.2 Å². The number of rotatable bonds is 39. The fraction of sp³-hybridized carbons (Fsp3) is 0.717. The molecule has 0 aromatic heterocycles. The number of ether oxygens (including phenoxy) is 2. The molecule has 9 heteroatoms. The van der Waals surface area contributed by atoms with Gasteiger partial charge in [0.25, 0.3) is 0 Å². The molecule has 0 aliphatic heterocycles. The molecule has 0 spiro atoms. The lowest BCUT2D eigenvalue weighted by Crippen LogP contribution is -2.37. The number of unbranched alkanes of at least 4 members (excludes halogenated alkanes) is 14. The molecular weight excluding hydrogens is 709 g/mol. The molecular formula is C46H83NO7P+. The molecule has 0 saturated heterocycles. The Morgan fingerprint density at radius 2 is 1.05 bits per heavy atom. The molecule has 2 atom stereocenters. The molecule has 0 amide bonds. The Morgan fingerprint density at radius 3 is 1.56 bits per heavy atom. The maximum absolute atomic E-state index is 12.6. The van der Waals surface area contributed by atoms with Gasteiger partial charge in [-0.25, -0.2) is 4.57 Å². The van der Waals surface area contributed by atoms with Gasteiger partial charge >= 0.3 is 13.8 Å². The Labute approximate surface area is 338 Å². The smallest absolute Gasteiger partial charge is 0.457 e. The molecule has 0 aromatic rings. The number of phosphoric ester groups is 1. The van der Waals surface area contributed by atoms with Crippen LogP contribution in [0.15, 0.2) is 72.9 Å². The van der Waals surface area contributed by atoms with Gasteiger partial charge in [-0.3, -0.25) is 13.8 Å². The summed E-state index contributed by atoms with van der Waals surface area (Å²) in [5, 5.41) is 0. The van der Waals surface area contributed by atoms with E-state index in [1.54, 1.807) is 6.08 Å². The van der Waals surface area contributed by atoms with E-state index in [4.69, 9.17) is 18.5 Å². The standard InChI is InChI=1S/C46H82NO7P/c1-6-8-10-12-14-16-18-20-22-23-24-26-28-30-32-34-36-38-41-51-43-45(44-53-55(49,50)52-42-40-47(3,4)5)54-46(48)39-37-35-33-31-29-27-25-21-19-17-15-13-11-9-7-2/h9,11,15,17,20-22,25,29,31,35,37,45H,6-8,10,12-14,16,18-19,23-24,26-28,30,32-34,36,38-44H2,1-5H3/p+1/b11-9-,17-15-,22-20-,25-21-,31-29-,37-35-. The first-order valence-electron chi connectivity index (χ1n) is 21.7. The van der Waals surface area contributed by atoms with Crippen LogP contribution >= 0.6 is 7.82 Å². The minimum absolute atomic E-state index is 0.0685. The third kappa shape index (κ3) is 42.9. The van der Waals surface area contributed by atoms with E-state index < -0.39 is 19.9 Å². The Hall–Kier alpha value is -2.06. The highest BCUT2D eigenvalue weighted by Gasteiger charge is 2.26. The van der Waals surface area contributed by atoms with Crippen LogP contribution < -0.4 is 0 Å². The van der Waals surface area contributed by atoms with Crippen LogP contribution in [0, 0.1) is 0 Å². The summed E-state index contributed by atoms with van der Waals surface area (Å²) in [4.78, 5) is 22.8. The van der Waals surface area contributed by atoms with Crippen molar-refractivity contribution in [3.8, 4) is 0 Å². The molecule has 0 aliphatic carbocycles. The second-order valence-electron chi connectivity index (χ2n) is 15.4. The van der Waals surface area contributed by atoms with Gasteiger partial charge in [-0.15, -0.1) is 0 Å². The maximum Gasteiger partial charge on any atom is 0.472 e. The zero-order chi connectivity index (χ0) is 40.6. The van der Waals surface area contributed by atoms with Crippen molar-refractivity contribution >= 4 is 13.8 Å². The predicted octanol–water partition coefficient (Wildman–Crippen LogP) is 12.7. The molecule has 8 nitrogen and oxygen atoms in total. The van der Waals surface area contributed by atoms with Crippen LogP contribution in [0.3, 0.4) is 0 Å². The van der Waals surface area contributed by atoms with Gasteiger partial charge in [0.15, 0.2) is 0 Å². The highest BCUT2D eigenvalue weighted by molar-refractivity contribution is 7.47. The molecule has 0 saturated carbocycles. The minimum Gasteiger partial charge on any atom is -0.457 e. The largest absolute Gasteiger partial charge is 0.472 e. The number of carbonyl (C=O) groups is 1. The number of nitrogens with zero attached hydrogens (tertiary/aromatic N) is 1. The lowest BCUT2D eigenvalue weighted by atomic mass is 10.1. The van der Waals surface area contributed by atoms with Crippen molar-refractivity contribution < 1.29 is 37.3 Å². The van der Waals surface area contributed by atoms with Gasteiger partial charge in [0, 0.05) is 6.61 Å². The number of esters is 1. The molecule has 2 unspecified atom stereocenters. The van der Waals surface area contributed by atoms with E-state index in [9.17, 15) is 14.3 Å². The summed E-state index contributed by atoms with van der Waals surface area (Å²) in [6, 6.07) is 0. The molecule has 318 valence electrons. The Balaban J connectivity index is 4.37. The summed E-state index contributed by atoms with van der Waals surface area (Å²) < 4.78 is 34.8. The van der Waals surface area contributed by atoms with Crippen LogP contribution in [-0.2, 0) is 27.9 Å². The van der Waals surface area contributed by atoms with Crippen LogP contribution in [0.2, 0.25) is 0 Å². The fourth-order valence-electron chi connectivity index (χ4n) is 5.45. The van der Waals surface area contributed by atoms with Crippen molar-refractivity contribution in [3.05, 3.63) is 72.9 Å². The quantitative estimate of drug-likeness (QED) is 0.0218. The fourth-order valence-corrected chi connectivity index (χ4v) is 6.19. The second kappa shape index (κ2) is 38.8. The van der Waals surface area contributed by atoms with E-state index >= 15 is 0 Å². The number of carbonyl (C=O) groups excluding carboxylic acids is 1. The lowest BCUT2D eigenvalue weighted by molar-refractivity contribution is -0.870. The van der Waals surface area contributed by atoms with Crippen molar-refractivity contribution in [2.75, 3.05) is 54.1 Å². The summed E-state index contributed by atoms with van der Waals surface area (Å²) in [7, 11) is 1.60. The number of phosphoric acid groups is 1. The second-order valence-corrected chi connectivity index (χ2v) is 16.8. The molecule has 0 fully saturated rings. The summed E-state index contributed by atoms with van der Waals surface area (Å²) in [5.74, 6) is -0.443. The van der Waals surface area contributed by atoms with Crippen molar-refractivity contribution in [3.63, 3.8) is 0 Å². The predicted molar refractivity (Wildman–Crippen MR) is 233 cm³/mol. The number of hydrogen-bond acceptors (Lipinski definition) is 6. The molecule has 0 rings (SSSR count). The average Bonchev–Trinajstić information content (AvgIpc) is 3.13. The third-order valence-corrected chi connectivity index (χ3v) is 9.77. The average molecular weight is 793 g/mol. The highest BCUT2D eigenvalue weighted by Crippen LogP contribution is 2.43. The highest BCUT2D eigenvalue weighted by atomic mass is 31.2. The maximum atomic E-state index is 12.6. The van der Waals surface area contributed by atoms with E-state index in [0.717, 1.165) is 44.9 Å². The topological polar surface area (TPSA) is 91.3 Å². The van der Waals surface area contributed by atoms with Gasteiger partial charge in [0.05, 0.1) is 40.8 Å². The SMILES string of the molecule is CC/C=C\C/C=C\C/C=C\C/C=C\C/C=C\CC(=O)OC(COCCCCCCCCCC/C=C\CCCCCCCC)COP(=O)(O)OCC[N+](C)(C)C. The molecule has 0 radical (unpaired) electrons. The van der Waals surface area contributed by atoms with Crippen molar-refractivity contribution in [2.24, 2.45) is 0 Å². The first-order valence-corrected chi connectivity index (χ1v) is 23.2. The molecule has 55 heavy (non-hydrogen) atoms. The van der Waals surface area contributed by atoms with Crippen LogP contribution in [-0.4, -0.2) is 75.6 Å². The van der Waals surface area contributed by atoms with Crippen LogP contribution in [0.1, 0.15) is 155 Å². The first-order chi connectivity index (χ1) is 26.6. The molecule has 0 bridgehead atoms. The van der Waals surface area contributed by atoms with Gasteiger partial charge in [-0.2, -0.15) is 0 Å². The monoisotopic (exact) mass is 793 g/mol. The zero-order valence-corrected chi connectivity index (χ0v) is 36.8. The summed E-state index contributed by atoms with van der Waals surface area (Å²) >= 11 is 0. The summed E-state index contributed by atoms with van der Waals surface area (Å²) in [6.07, 6.45) is 49.7. The first kappa shape index (κ1) is 52.9. The summed E-state index contributed by atoms with van der Waals surface area (Å²) in [5.41, 5.74) is 0. The van der Waals surface area contributed by atoms with Crippen molar-refractivity contribution in [1.29, 1.82) is 0 Å². The normalized spacial score (nSPS) is 14.5. The van der Waals surface area contributed by atoms with Crippen LogP contribution in [0.5, 0.6) is 0 Å². The molecule has 0 aliphatic rings. The number of allylic oxidation sites excluding steroid dienone is 11. The van der Waals surface area contributed by atoms with E-state index in [2.05, 4.69) is 74.6 Å². The lowest BCUT2D eigenvalue weighted by Gasteiger charge is -2.24. The van der Waals surface area contributed by atoms with Gasteiger partial charge in [-0.1, -0.05) is 157 Å². The van der Waals surface area contributed by atoms with Crippen molar-refractivity contribution in [2.45, 2.75) is 161 Å². The van der Waals surface area contributed by atoms with E-state index in [0.29, 0.717) is 17.6 Å². The van der Waals surface area contributed by atoms with E-state index in [1.165, 1.54) is 89.9 Å². The van der Waals surface area contributed by atoms with Gasteiger partial charge < -0.3 is 18.9 Å². The third-order valence-electron chi connectivity index (χ3n) is 8.78. The Kier molecular flexibility index (Phi) is 37.3. The van der Waals surface area contributed by atoms with E-state index in [-0.39, 0.29) is 26.2 Å². The minimum atomic E-state index is -4.30. The van der Waals surface area contributed by atoms with E-state index in [1.807, 2.05) is 27.2 Å². The number of hydrogen-bond donors (Lipinski definition) is 1. The van der Waals surface area contributed by atoms with Crippen molar-refractivity contribution in [1.82, 2.24) is 0 Å². The Morgan fingerprint density at radius 1 is 0.582 bits per heavy atom. The van der Waals surface area contributed by atoms with Gasteiger partial charge in [0.2, 0.25) is 0 Å². The molecule has 1 N–H and O–H groups in total. The number of likely N-dealkylation sites (N-methyl/N-ethyl adjacent to an activating group) is 1. The Bertz CT molecular complexity index is 1110.